The molecule has 0 aromatic heterocycles. The van der Waals surface area contributed by atoms with Crippen molar-refractivity contribution < 1.29 is 9.53 Å². The lowest BCUT2D eigenvalue weighted by atomic mass is 10.0. The summed E-state index contributed by atoms with van der Waals surface area (Å²) in [6, 6.07) is 9.80. The monoisotopic (exact) mass is 248 g/mol. The average Bonchev–Trinajstić information content (AvgIpc) is 2.42. The maximum Gasteiger partial charge on any atom is 0.306 e. The third kappa shape index (κ3) is 6.43. The van der Waals surface area contributed by atoms with Gasteiger partial charge in [0.2, 0.25) is 0 Å². The largest absolute Gasteiger partial charge is 0.461 e. The van der Waals surface area contributed by atoms with E-state index in [-0.39, 0.29) is 5.97 Å². The summed E-state index contributed by atoms with van der Waals surface area (Å²) in [7, 11) is 0. The summed E-state index contributed by atoms with van der Waals surface area (Å²) >= 11 is 0. The van der Waals surface area contributed by atoms with Gasteiger partial charge in [0.05, 0.1) is 0 Å². The second kappa shape index (κ2) is 8.73. The standard InChI is InChI=1S/C16H24O2/c1-3-14(2)9-7-8-12-16(17)18-13-15-10-5-4-6-11-15/h4-6,10-11,14H,3,7-9,12-13H2,1-2H3. The number of unbranched alkanes of at least 4 members (excludes halogenated alkanes) is 1. The molecule has 0 aliphatic rings. The maximum atomic E-state index is 11.5. The highest BCUT2D eigenvalue weighted by atomic mass is 16.5. The van der Waals surface area contributed by atoms with E-state index < -0.39 is 0 Å². The number of hydrogen-bond donors (Lipinski definition) is 0. The van der Waals surface area contributed by atoms with Gasteiger partial charge in [0.25, 0.3) is 0 Å². The summed E-state index contributed by atoms with van der Waals surface area (Å²) in [6.45, 7) is 4.86. The molecule has 1 atom stereocenters. The average molecular weight is 248 g/mol. The number of benzene rings is 1. The molecule has 0 fully saturated rings. The Kier molecular flexibility index (Phi) is 7.16. The van der Waals surface area contributed by atoms with Gasteiger partial charge in [-0.2, -0.15) is 0 Å². The molecule has 1 unspecified atom stereocenters. The van der Waals surface area contributed by atoms with Crippen LogP contribution in [-0.2, 0) is 16.1 Å². The molecule has 0 saturated carbocycles. The molecule has 0 N–H and O–H groups in total. The summed E-state index contributed by atoms with van der Waals surface area (Å²) < 4.78 is 5.22. The fourth-order valence-electron chi connectivity index (χ4n) is 1.78. The van der Waals surface area contributed by atoms with E-state index in [1.165, 1.54) is 12.8 Å². The van der Waals surface area contributed by atoms with E-state index in [1.54, 1.807) is 0 Å². The van der Waals surface area contributed by atoms with Crippen molar-refractivity contribution in [3.05, 3.63) is 35.9 Å². The minimum Gasteiger partial charge on any atom is -0.461 e. The molecule has 0 radical (unpaired) electrons. The lowest BCUT2D eigenvalue weighted by molar-refractivity contribution is -0.145. The molecule has 2 heteroatoms. The second-order valence-corrected chi connectivity index (χ2v) is 4.91. The van der Waals surface area contributed by atoms with Crippen LogP contribution >= 0.6 is 0 Å². The van der Waals surface area contributed by atoms with Gasteiger partial charge < -0.3 is 4.74 Å². The molecular weight excluding hydrogens is 224 g/mol. The molecule has 1 aromatic rings. The number of carbonyl (C=O) groups is 1. The SMILES string of the molecule is CCC(C)CCCCC(=O)OCc1ccccc1. The van der Waals surface area contributed by atoms with Crippen LogP contribution in [0.5, 0.6) is 0 Å². The Labute approximate surface area is 110 Å². The van der Waals surface area contributed by atoms with Gasteiger partial charge >= 0.3 is 5.97 Å². The third-order valence-electron chi connectivity index (χ3n) is 3.27. The number of rotatable bonds is 8. The van der Waals surface area contributed by atoms with Crippen molar-refractivity contribution in [1.82, 2.24) is 0 Å². The first-order valence-corrected chi connectivity index (χ1v) is 6.92. The van der Waals surface area contributed by atoms with Gasteiger partial charge in [0.15, 0.2) is 0 Å². The Hall–Kier alpha value is -1.31. The Morgan fingerprint density at radius 1 is 1.22 bits per heavy atom. The molecule has 1 rings (SSSR count). The normalized spacial score (nSPS) is 12.1. The molecule has 0 aliphatic heterocycles. The van der Waals surface area contributed by atoms with Crippen LogP contribution in [0.1, 0.15) is 51.5 Å². The van der Waals surface area contributed by atoms with Gasteiger partial charge in [-0.1, -0.05) is 63.4 Å². The molecule has 0 amide bonds. The molecule has 0 saturated heterocycles. The van der Waals surface area contributed by atoms with E-state index in [4.69, 9.17) is 4.74 Å². The van der Waals surface area contributed by atoms with Crippen LogP contribution in [0.15, 0.2) is 30.3 Å². The molecule has 0 spiro atoms. The van der Waals surface area contributed by atoms with Crippen molar-refractivity contribution in [1.29, 1.82) is 0 Å². The van der Waals surface area contributed by atoms with Crippen LogP contribution < -0.4 is 0 Å². The molecular formula is C16H24O2. The van der Waals surface area contributed by atoms with Crippen LogP contribution in [0.25, 0.3) is 0 Å². The van der Waals surface area contributed by atoms with Crippen LogP contribution in [0.3, 0.4) is 0 Å². The van der Waals surface area contributed by atoms with E-state index in [9.17, 15) is 4.79 Å². The van der Waals surface area contributed by atoms with Crippen molar-refractivity contribution in [2.45, 2.75) is 52.6 Å². The van der Waals surface area contributed by atoms with Gasteiger partial charge in [0, 0.05) is 6.42 Å². The zero-order valence-electron chi connectivity index (χ0n) is 11.5. The first-order chi connectivity index (χ1) is 8.72. The minimum absolute atomic E-state index is 0.0806. The molecule has 0 aliphatic carbocycles. The van der Waals surface area contributed by atoms with E-state index in [0.717, 1.165) is 24.3 Å². The Bertz CT molecular complexity index is 332. The zero-order chi connectivity index (χ0) is 13.2. The quantitative estimate of drug-likeness (QED) is 0.505. The fourth-order valence-corrected chi connectivity index (χ4v) is 1.78. The number of hydrogen-bond acceptors (Lipinski definition) is 2. The van der Waals surface area contributed by atoms with Crippen molar-refractivity contribution in [2.24, 2.45) is 5.92 Å². The number of ether oxygens (including phenoxy) is 1. The summed E-state index contributed by atoms with van der Waals surface area (Å²) in [5, 5.41) is 0. The molecule has 100 valence electrons. The lowest BCUT2D eigenvalue weighted by Crippen LogP contribution is -2.04. The van der Waals surface area contributed by atoms with Crippen LogP contribution in [0.2, 0.25) is 0 Å². The Morgan fingerprint density at radius 3 is 2.61 bits per heavy atom. The highest BCUT2D eigenvalue weighted by molar-refractivity contribution is 5.69. The molecule has 0 heterocycles. The lowest BCUT2D eigenvalue weighted by Gasteiger charge is -2.08. The number of carbonyl (C=O) groups excluding carboxylic acids is 1. The maximum absolute atomic E-state index is 11.5. The highest BCUT2D eigenvalue weighted by Crippen LogP contribution is 2.12. The molecule has 1 aromatic carbocycles. The Morgan fingerprint density at radius 2 is 1.94 bits per heavy atom. The summed E-state index contributed by atoms with van der Waals surface area (Å²) in [5.74, 6) is 0.688. The predicted molar refractivity (Wildman–Crippen MR) is 74.2 cm³/mol. The minimum atomic E-state index is -0.0806. The van der Waals surface area contributed by atoms with Gasteiger partial charge in [-0.15, -0.1) is 0 Å². The first-order valence-electron chi connectivity index (χ1n) is 6.92. The van der Waals surface area contributed by atoms with Crippen molar-refractivity contribution in [3.63, 3.8) is 0 Å². The van der Waals surface area contributed by atoms with Gasteiger partial charge in [-0.05, 0) is 17.9 Å². The first kappa shape index (κ1) is 14.7. The summed E-state index contributed by atoms with van der Waals surface area (Å²) in [4.78, 5) is 11.5. The smallest absolute Gasteiger partial charge is 0.306 e. The van der Waals surface area contributed by atoms with Gasteiger partial charge in [-0.3, -0.25) is 4.79 Å². The zero-order valence-corrected chi connectivity index (χ0v) is 11.5. The van der Waals surface area contributed by atoms with Crippen LogP contribution in [0, 0.1) is 5.92 Å². The van der Waals surface area contributed by atoms with E-state index in [1.807, 2.05) is 30.3 Å². The fraction of sp³-hybridized carbons (Fsp3) is 0.562. The van der Waals surface area contributed by atoms with Gasteiger partial charge in [0.1, 0.15) is 6.61 Å². The van der Waals surface area contributed by atoms with Crippen LogP contribution in [-0.4, -0.2) is 5.97 Å². The second-order valence-electron chi connectivity index (χ2n) is 4.91. The molecule has 0 bridgehead atoms. The summed E-state index contributed by atoms with van der Waals surface area (Å²) in [5.41, 5.74) is 1.05. The van der Waals surface area contributed by atoms with E-state index in [0.29, 0.717) is 13.0 Å². The highest BCUT2D eigenvalue weighted by Gasteiger charge is 2.04. The van der Waals surface area contributed by atoms with Gasteiger partial charge in [-0.25, -0.2) is 0 Å². The Balaban J connectivity index is 2.07. The third-order valence-corrected chi connectivity index (χ3v) is 3.27. The topological polar surface area (TPSA) is 26.3 Å². The molecule has 18 heavy (non-hydrogen) atoms. The van der Waals surface area contributed by atoms with E-state index in [2.05, 4.69) is 13.8 Å². The van der Waals surface area contributed by atoms with E-state index >= 15 is 0 Å². The van der Waals surface area contributed by atoms with Crippen molar-refractivity contribution in [2.75, 3.05) is 0 Å². The predicted octanol–water partition coefficient (Wildman–Crippen LogP) is 4.34. The van der Waals surface area contributed by atoms with Crippen molar-refractivity contribution >= 4 is 5.97 Å². The van der Waals surface area contributed by atoms with Crippen molar-refractivity contribution in [3.8, 4) is 0 Å². The molecule has 2 nitrogen and oxygen atoms in total. The summed E-state index contributed by atoms with van der Waals surface area (Å²) in [6.07, 6.45) is 5.04. The van der Waals surface area contributed by atoms with Crippen LogP contribution in [0.4, 0.5) is 0 Å². The number of esters is 1.